The van der Waals surface area contributed by atoms with Crippen molar-refractivity contribution in [3.63, 3.8) is 0 Å². The van der Waals surface area contributed by atoms with Crippen LogP contribution in [0, 0.1) is 4.77 Å². The zero-order valence-corrected chi connectivity index (χ0v) is 15.7. The van der Waals surface area contributed by atoms with Gasteiger partial charge in [0.05, 0.1) is 6.21 Å². The number of hydrogen-bond acceptors (Lipinski definition) is 4. The number of nitrogens with one attached hydrogen (secondary N) is 1. The number of H-pyrrole nitrogens is 1. The molecule has 24 heavy (non-hydrogen) atoms. The highest BCUT2D eigenvalue weighted by Gasteiger charge is 2.10. The molecule has 0 unspecified atom stereocenters. The average Bonchev–Trinajstić information content (AvgIpc) is 2.94. The fraction of sp³-hybridized carbons (Fsp3) is 0.118. The molecule has 0 radical (unpaired) electrons. The van der Waals surface area contributed by atoms with Gasteiger partial charge in [0.25, 0.3) is 0 Å². The predicted octanol–water partition coefficient (Wildman–Crippen LogP) is 4.32. The summed E-state index contributed by atoms with van der Waals surface area (Å²) < 4.78 is 3.00. The third kappa shape index (κ3) is 3.47. The van der Waals surface area contributed by atoms with E-state index in [4.69, 9.17) is 12.2 Å². The molecule has 0 aliphatic heterocycles. The van der Waals surface area contributed by atoms with Crippen molar-refractivity contribution in [1.82, 2.24) is 14.9 Å². The van der Waals surface area contributed by atoms with E-state index < -0.39 is 0 Å². The molecule has 7 heteroatoms. The standard InChI is InChI=1S/C17H16BrN5S/c1-22(2)13-9-7-12(8-10-13)11-19-23-16(20-21-17(23)24)14-5-3-4-6-15(14)18/h3-11H,1-2H3,(H,21,24)/b19-11-. The van der Waals surface area contributed by atoms with Crippen molar-refractivity contribution in [2.45, 2.75) is 0 Å². The Morgan fingerprint density at radius 2 is 1.88 bits per heavy atom. The zero-order valence-electron chi connectivity index (χ0n) is 13.3. The summed E-state index contributed by atoms with van der Waals surface area (Å²) in [6.07, 6.45) is 1.77. The molecule has 3 rings (SSSR count). The van der Waals surface area contributed by atoms with E-state index in [0.29, 0.717) is 10.6 Å². The van der Waals surface area contributed by atoms with Crippen LogP contribution in [0.5, 0.6) is 0 Å². The van der Waals surface area contributed by atoms with Crippen LogP contribution in [0.3, 0.4) is 0 Å². The molecule has 122 valence electrons. The average molecular weight is 402 g/mol. The fourth-order valence-corrected chi connectivity index (χ4v) is 2.84. The van der Waals surface area contributed by atoms with Gasteiger partial charge in [-0.25, -0.2) is 5.10 Å². The van der Waals surface area contributed by atoms with E-state index >= 15 is 0 Å². The highest BCUT2D eigenvalue weighted by molar-refractivity contribution is 9.10. The topological polar surface area (TPSA) is 49.2 Å². The number of hydrogen-bond donors (Lipinski definition) is 1. The lowest BCUT2D eigenvalue weighted by Crippen LogP contribution is -2.08. The summed E-state index contributed by atoms with van der Waals surface area (Å²) in [7, 11) is 4.02. The summed E-state index contributed by atoms with van der Waals surface area (Å²) in [5.41, 5.74) is 3.05. The van der Waals surface area contributed by atoms with Gasteiger partial charge in [-0.15, -0.1) is 0 Å². The van der Waals surface area contributed by atoms with Gasteiger partial charge >= 0.3 is 0 Å². The Morgan fingerprint density at radius 3 is 2.54 bits per heavy atom. The van der Waals surface area contributed by atoms with Gasteiger partial charge < -0.3 is 4.90 Å². The Bertz CT molecular complexity index is 925. The van der Waals surface area contributed by atoms with Crippen molar-refractivity contribution >= 4 is 40.0 Å². The molecule has 0 aliphatic rings. The fourth-order valence-electron chi connectivity index (χ4n) is 2.20. The van der Waals surface area contributed by atoms with Gasteiger partial charge in [-0.2, -0.15) is 14.9 Å². The molecule has 3 aromatic rings. The number of nitrogens with zero attached hydrogens (tertiary/aromatic N) is 4. The van der Waals surface area contributed by atoms with Gasteiger partial charge in [0.15, 0.2) is 5.82 Å². The first-order valence-electron chi connectivity index (χ1n) is 7.30. The van der Waals surface area contributed by atoms with Crippen LogP contribution in [0.25, 0.3) is 11.4 Å². The zero-order chi connectivity index (χ0) is 17.1. The van der Waals surface area contributed by atoms with Crippen LogP contribution in [0.15, 0.2) is 58.1 Å². The molecule has 0 saturated carbocycles. The van der Waals surface area contributed by atoms with Crippen LogP contribution in [0.1, 0.15) is 5.56 Å². The molecule has 0 atom stereocenters. The Labute approximate surface area is 153 Å². The quantitative estimate of drug-likeness (QED) is 0.523. The minimum Gasteiger partial charge on any atom is -0.378 e. The van der Waals surface area contributed by atoms with Crippen molar-refractivity contribution in [3.05, 3.63) is 63.3 Å². The molecule has 0 saturated heterocycles. The van der Waals surface area contributed by atoms with Crippen molar-refractivity contribution in [2.24, 2.45) is 5.10 Å². The van der Waals surface area contributed by atoms with Crippen LogP contribution in [-0.2, 0) is 0 Å². The second-order valence-corrected chi connectivity index (χ2v) is 6.62. The molecule has 0 spiro atoms. The lowest BCUT2D eigenvalue weighted by Gasteiger charge is -2.11. The van der Waals surface area contributed by atoms with Crippen molar-refractivity contribution in [1.29, 1.82) is 0 Å². The lowest BCUT2D eigenvalue weighted by molar-refractivity contribution is 0.871. The maximum Gasteiger partial charge on any atom is 0.216 e. The molecule has 1 aromatic heterocycles. The molecule has 0 amide bonds. The Balaban J connectivity index is 1.95. The van der Waals surface area contributed by atoms with Crippen LogP contribution in [0.2, 0.25) is 0 Å². The number of halogens is 1. The number of anilines is 1. The van der Waals surface area contributed by atoms with Gasteiger partial charge in [-0.1, -0.05) is 40.2 Å². The summed E-state index contributed by atoms with van der Waals surface area (Å²) in [4.78, 5) is 2.05. The first kappa shape index (κ1) is 16.6. The van der Waals surface area contributed by atoms with Gasteiger partial charge in [0.2, 0.25) is 4.77 Å². The highest BCUT2D eigenvalue weighted by atomic mass is 79.9. The monoisotopic (exact) mass is 401 g/mol. The maximum absolute atomic E-state index is 5.30. The lowest BCUT2D eigenvalue weighted by atomic mass is 10.2. The van der Waals surface area contributed by atoms with E-state index in [1.807, 2.05) is 62.6 Å². The van der Waals surface area contributed by atoms with Gasteiger partial charge in [-0.3, -0.25) is 0 Å². The SMILES string of the molecule is CN(C)c1ccc(/C=N\n2c(-c3ccccc3Br)n[nH]c2=S)cc1. The van der Waals surface area contributed by atoms with E-state index in [9.17, 15) is 0 Å². The maximum atomic E-state index is 5.30. The molecule has 2 aromatic carbocycles. The molecule has 0 aliphatic carbocycles. The Morgan fingerprint density at radius 1 is 1.17 bits per heavy atom. The second-order valence-electron chi connectivity index (χ2n) is 5.37. The normalized spacial score (nSPS) is 11.1. The smallest absolute Gasteiger partial charge is 0.216 e. The first-order chi connectivity index (χ1) is 11.6. The van der Waals surface area contributed by atoms with E-state index in [1.165, 1.54) is 0 Å². The second kappa shape index (κ2) is 7.11. The van der Waals surface area contributed by atoms with Crippen LogP contribution >= 0.6 is 28.1 Å². The van der Waals surface area contributed by atoms with Crippen LogP contribution in [0.4, 0.5) is 5.69 Å². The summed E-state index contributed by atoms with van der Waals surface area (Å²) in [6.45, 7) is 0. The molecular formula is C17H16BrN5S. The van der Waals surface area contributed by atoms with E-state index in [1.54, 1.807) is 10.9 Å². The van der Waals surface area contributed by atoms with Crippen molar-refractivity contribution in [2.75, 3.05) is 19.0 Å². The van der Waals surface area contributed by atoms with Crippen molar-refractivity contribution in [3.8, 4) is 11.4 Å². The number of rotatable bonds is 4. The van der Waals surface area contributed by atoms with Crippen LogP contribution < -0.4 is 4.90 Å². The third-order valence-electron chi connectivity index (χ3n) is 3.50. The predicted molar refractivity (Wildman–Crippen MR) is 104 cm³/mol. The van der Waals surface area contributed by atoms with Gasteiger partial charge in [0, 0.05) is 29.8 Å². The largest absolute Gasteiger partial charge is 0.378 e. The highest BCUT2D eigenvalue weighted by Crippen LogP contribution is 2.26. The number of aromatic amines is 1. The summed E-state index contributed by atoms with van der Waals surface area (Å²) in [5.74, 6) is 0.661. The minimum atomic E-state index is 0.446. The van der Waals surface area contributed by atoms with Crippen LogP contribution in [-0.4, -0.2) is 35.2 Å². The number of benzene rings is 2. The van der Waals surface area contributed by atoms with E-state index in [-0.39, 0.29) is 0 Å². The summed E-state index contributed by atoms with van der Waals surface area (Å²) in [6, 6.07) is 15.9. The molecule has 1 heterocycles. The molecular weight excluding hydrogens is 386 g/mol. The molecule has 1 N–H and O–H groups in total. The molecule has 0 fully saturated rings. The summed E-state index contributed by atoms with van der Waals surface area (Å²) in [5, 5.41) is 11.6. The van der Waals surface area contributed by atoms with Crippen molar-refractivity contribution < 1.29 is 0 Å². The number of aromatic nitrogens is 3. The molecule has 0 bridgehead atoms. The third-order valence-corrected chi connectivity index (χ3v) is 4.45. The van der Waals surface area contributed by atoms with Gasteiger partial charge in [-0.05, 0) is 42.0 Å². The summed E-state index contributed by atoms with van der Waals surface area (Å²) >= 11 is 8.83. The molecule has 5 nitrogen and oxygen atoms in total. The Kier molecular flexibility index (Phi) is 4.92. The van der Waals surface area contributed by atoms with Gasteiger partial charge in [0.1, 0.15) is 0 Å². The van der Waals surface area contributed by atoms with E-state index in [0.717, 1.165) is 21.3 Å². The first-order valence-corrected chi connectivity index (χ1v) is 8.50. The minimum absolute atomic E-state index is 0.446. The van der Waals surface area contributed by atoms with E-state index in [2.05, 4.69) is 36.1 Å². The Hall–Kier alpha value is -2.25.